The minimum absolute atomic E-state index is 0.200. The highest BCUT2D eigenvalue weighted by Crippen LogP contribution is 2.48. The van der Waals surface area contributed by atoms with Gasteiger partial charge in [0.25, 0.3) is 0 Å². The fourth-order valence-electron chi connectivity index (χ4n) is 4.08. The molecule has 4 atom stereocenters. The molecule has 0 aliphatic heterocycles. The molecule has 2 aliphatic carbocycles. The topological polar surface area (TPSA) is 75.6 Å². The van der Waals surface area contributed by atoms with E-state index in [1.165, 1.54) is 0 Å². The zero-order chi connectivity index (χ0) is 16.2. The van der Waals surface area contributed by atoms with Crippen molar-refractivity contribution in [2.75, 3.05) is 0 Å². The van der Waals surface area contributed by atoms with E-state index < -0.39 is 18.0 Å². The van der Waals surface area contributed by atoms with Crippen LogP contribution in [0, 0.1) is 17.8 Å². The van der Waals surface area contributed by atoms with E-state index in [1.54, 1.807) is 0 Å². The fraction of sp³-hybridized carbons (Fsp3) is 0.556. The van der Waals surface area contributed by atoms with Gasteiger partial charge in [0.2, 0.25) is 0 Å². The lowest BCUT2D eigenvalue weighted by Gasteiger charge is -2.49. The molecule has 2 fully saturated rings. The molecule has 2 N–H and O–H groups in total. The summed E-state index contributed by atoms with van der Waals surface area (Å²) < 4.78 is 5.23. The van der Waals surface area contributed by atoms with Crippen LogP contribution in [-0.2, 0) is 16.1 Å². The fourth-order valence-corrected chi connectivity index (χ4v) is 4.08. The third-order valence-corrected chi connectivity index (χ3v) is 5.22. The van der Waals surface area contributed by atoms with E-state index in [0.717, 1.165) is 37.7 Å². The van der Waals surface area contributed by atoms with Gasteiger partial charge < -0.3 is 15.2 Å². The smallest absolute Gasteiger partial charge is 0.407 e. The summed E-state index contributed by atoms with van der Waals surface area (Å²) >= 11 is 0. The number of aliphatic carboxylic acids is 1. The van der Waals surface area contributed by atoms with Gasteiger partial charge in [-0.2, -0.15) is 0 Å². The molecule has 5 nitrogen and oxygen atoms in total. The van der Waals surface area contributed by atoms with Gasteiger partial charge in [0.15, 0.2) is 0 Å². The molecule has 5 heteroatoms. The van der Waals surface area contributed by atoms with Crippen molar-refractivity contribution >= 4 is 12.1 Å². The third-order valence-electron chi connectivity index (χ3n) is 5.22. The molecule has 124 valence electrons. The number of fused-ring (bicyclic) bond motifs is 1. The number of carboxylic acid groups (broad SMARTS) is 1. The van der Waals surface area contributed by atoms with Gasteiger partial charge in [-0.3, -0.25) is 4.79 Å². The first-order valence-corrected chi connectivity index (χ1v) is 8.37. The number of carbonyl (C=O) groups is 2. The van der Waals surface area contributed by atoms with E-state index >= 15 is 0 Å². The second-order valence-electron chi connectivity index (χ2n) is 6.56. The van der Waals surface area contributed by atoms with Gasteiger partial charge in [-0.05, 0) is 30.2 Å². The van der Waals surface area contributed by atoms with Crippen LogP contribution >= 0.6 is 0 Å². The maximum absolute atomic E-state index is 12.0. The van der Waals surface area contributed by atoms with Crippen LogP contribution in [0.15, 0.2) is 30.3 Å². The van der Waals surface area contributed by atoms with Gasteiger partial charge in [0.05, 0.1) is 5.92 Å². The van der Waals surface area contributed by atoms with E-state index in [4.69, 9.17) is 4.74 Å². The second kappa shape index (κ2) is 7.02. The number of alkyl carbamates (subject to hydrolysis) is 1. The van der Waals surface area contributed by atoms with Gasteiger partial charge in [-0.1, -0.05) is 49.6 Å². The van der Waals surface area contributed by atoms with Crippen molar-refractivity contribution in [2.24, 2.45) is 17.8 Å². The second-order valence-corrected chi connectivity index (χ2v) is 6.56. The van der Waals surface area contributed by atoms with Crippen molar-refractivity contribution in [2.45, 2.75) is 44.8 Å². The number of carbonyl (C=O) groups excluding carboxylic acids is 1. The van der Waals surface area contributed by atoms with Crippen LogP contribution in [0.4, 0.5) is 4.79 Å². The summed E-state index contributed by atoms with van der Waals surface area (Å²) in [4.78, 5) is 23.5. The number of hydrogen-bond acceptors (Lipinski definition) is 3. The molecule has 23 heavy (non-hydrogen) atoms. The average Bonchev–Trinajstić information content (AvgIpc) is 2.74. The summed E-state index contributed by atoms with van der Waals surface area (Å²) in [7, 11) is 0. The van der Waals surface area contributed by atoms with Crippen molar-refractivity contribution in [1.82, 2.24) is 5.32 Å². The Morgan fingerprint density at radius 1 is 1.09 bits per heavy atom. The molecular weight excluding hydrogens is 294 g/mol. The summed E-state index contributed by atoms with van der Waals surface area (Å²) in [6.45, 7) is 0.200. The number of ether oxygens (including phenoxy) is 1. The molecule has 2 saturated carbocycles. The number of hydrogen-bond donors (Lipinski definition) is 2. The summed E-state index contributed by atoms with van der Waals surface area (Å²) in [6, 6.07) is 9.16. The first-order chi connectivity index (χ1) is 11.2. The maximum Gasteiger partial charge on any atom is 0.407 e. The third kappa shape index (κ3) is 3.49. The SMILES string of the molecule is O=C(N[C@H]1[C@@H]2CCCCC[C@@H]2[C@@H]1C(=O)O)OCc1ccccc1. The Morgan fingerprint density at radius 2 is 1.78 bits per heavy atom. The number of carboxylic acids is 1. The summed E-state index contributed by atoms with van der Waals surface area (Å²) in [6.07, 6.45) is 4.80. The zero-order valence-corrected chi connectivity index (χ0v) is 13.1. The molecular formula is C18H23NO4. The maximum atomic E-state index is 12.0. The molecule has 0 heterocycles. The van der Waals surface area contributed by atoms with Crippen molar-refractivity contribution in [3.63, 3.8) is 0 Å². The first-order valence-electron chi connectivity index (χ1n) is 8.37. The normalized spacial score (nSPS) is 29.6. The Hall–Kier alpha value is -2.04. The highest BCUT2D eigenvalue weighted by molar-refractivity contribution is 5.75. The summed E-state index contributed by atoms with van der Waals surface area (Å²) in [5.74, 6) is -0.791. The zero-order valence-electron chi connectivity index (χ0n) is 13.1. The van der Waals surface area contributed by atoms with E-state index in [-0.39, 0.29) is 24.5 Å². The lowest BCUT2D eigenvalue weighted by molar-refractivity contribution is -0.154. The number of benzene rings is 1. The lowest BCUT2D eigenvalue weighted by atomic mass is 9.58. The van der Waals surface area contributed by atoms with E-state index in [2.05, 4.69) is 5.32 Å². The van der Waals surface area contributed by atoms with Crippen LogP contribution in [0.2, 0.25) is 0 Å². The van der Waals surface area contributed by atoms with Crippen molar-refractivity contribution in [3.8, 4) is 0 Å². The molecule has 1 aromatic rings. The van der Waals surface area contributed by atoms with Crippen molar-refractivity contribution in [3.05, 3.63) is 35.9 Å². The highest BCUT2D eigenvalue weighted by atomic mass is 16.5. The molecule has 3 rings (SSSR count). The minimum atomic E-state index is -0.804. The molecule has 0 aromatic heterocycles. The van der Waals surface area contributed by atoms with Gasteiger partial charge in [-0.25, -0.2) is 4.79 Å². The van der Waals surface area contributed by atoms with Gasteiger partial charge in [-0.15, -0.1) is 0 Å². The van der Waals surface area contributed by atoms with E-state index in [9.17, 15) is 14.7 Å². The molecule has 0 bridgehead atoms. The van der Waals surface area contributed by atoms with Gasteiger partial charge in [0.1, 0.15) is 6.61 Å². The van der Waals surface area contributed by atoms with Crippen LogP contribution < -0.4 is 5.32 Å². The van der Waals surface area contributed by atoms with Crippen LogP contribution in [0.1, 0.15) is 37.7 Å². The Kier molecular flexibility index (Phi) is 4.84. The number of amides is 1. The standard InChI is InChI=1S/C18H23NO4/c20-17(21)15-13-9-5-2-6-10-14(13)16(15)19-18(22)23-11-12-7-3-1-4-8-12/h1,3-4,7-8,13-16H,2,5-6,9-11H2,(H,19,22)(H,20,21)/t13-,14+,15-,16-/m0/s1. The van der Waals surface area contributed by atoms with Crippen molar-refractivity contribution < 1.29 is 19.4 Å². The predicted octanol–water partition coefficient (Wildman–Crippen LogP) is 3.19. The van der Waals surface area contributed by atoms with Crippen molar-refractivity contribution in [1.29, 1.82) is 0 Å². The first kappa shape index (κ1) is 15.8. The Labute approximate surface area is 136 Å². The van der Waals surface area contributed by atoms with E-state index in [0.29, 0.717) is 0 Å². The number of rotatable bonds is 4. The lowest BCUT2D eigenvalue weighted by Crippen LogP contribution is -2.62. The summed E-state index contributed by atoms with van der Waals surface area (Å²) in [5.41, 5.74) is 0.915. The molecule has 0 spiro atoms. The van der Waals surface area contributed by atoms with Crippen LogP contribution in [0.3, 0.4) is 0 Å². The molecule has 0 unspecified atom stereocenters. The Balaban J connectivity index is 1.56. The molecule has 2 aliphatic rings. The quantitative estimate of drug-likeness (QED) is 0.894. The Morgan fingerprint density at radius 3 is 2.48 bits per heavy atom. The molecule has 1 aromatic carbocycles. The van der Waals surface area contributed by atoms with Crippen LogP contribution in [-0.4, -0.2) is 23.2 Å². The average molecular weight is 317 g/mol. The molecule has 0 saturated heterocycles. The highest BCUT2D eigenvalue weighted by Gasteiger charge is 2.54. The molecule has 0 radical (unpaired) electrons. The van der Waals surface area contributed by atoms with Crippen LogP contribution in [0.25, 0.3) is 0 Å². The predicted molar refractivity (Wildman–Crippen MR) is 84.7 cm³/mol. The molecule has 1 amide bonds. The van der Waals surface area contributed by atoms with E-state index in [1.807, 2.05) is 30.3 Å². The largest absolute Gasteiger partial charge is 0.481 e. The van der Waals surface area contributed by atoms with Gasteiger partial charge >= 0.3 is 12.1 Å². The van der Waals surface area contributed by atoms with Crippen LogP contribution in [0.5, 0.6) is 0 Å². The monoisotopic (exact) mass is 317 g/mol. The van der Waals surface area contributed by atoms with Gasteiger partial charge in [0, 0.05) is 6.04 Å². The Bertz CT molecular complexity index is 559. The summed E-state index contributed by atoms with van der Waals surface area (Å²) in [5, 5.41) is 12.3. The minimum Gasteiger partial charge on any atom is -0.481 e. The number of nitrogens with one attached hydrogen (secondary N) is 1.